The SMILES string of the molecule is CN(C(=O)c1cn[nH]n1)c1ccccc1CN. The zero-order valence-corrected chi connectivity index (χ0v) is 9.42. The Bertz CT molecular complexity index is 508. The van der Waals surface area contributed by atoms with Crippen LogP contribution < -0.4 is 10.6 Å². The van der Waals surface area contributed by atoms with Crippen LogP contribution in [0.2, 0.25) is 0 Å². The number of benzene rings is 1. The molecule has 0 atom stereocenters. The minimum atomic E-state index is -0.223. The van der Waals surface area contributed by atoms with Crippen molar-refractivity contribution in [2.45, 2.75) is 6.54 Å². The first-order valence-corrected chi connectivity index (χ1v) is 5.16. The molecule has 1 aromatic carbocycles. The Morgan fingerprint density at radius 1 is 1.47 bits per heavy atom. The number of aromatic nitrogens is 3. The molecule has 1 amide bonds. The third kappa shape index (κ3) is 2.16. The fourth-order valence-electron chi connectivity index (χ4n) is 1.60. The summed E-state index contributed by atoms with van der Waals surface area (Å²) in [4.78, 5) is 13.6. The van der Waals surface area contributed by atoms with E-state index in [1.165, 1.54) is 11.1 Å². The normalized spacial score (nSPS) is 10.2. The Balaban J connectivity index is 2.31. The van der Waals surface area contributed by atoms with Gasteiger partial charge in [-0.05, 0) is 11.6 Å². The number of nitrogens with zero attached hydrogens (tertiary/aromatic N) is 3. The van der Waals surface area contributed by atoms with Crippen LogP contribution in [-0.4, -0.2) is 28.4 Å². The van der Waals surface area contributed by atoms with Gasteiger partial charge in [-0.2, -0.15) is 15.4 Å². The summed E-state index contributed by atoms with van der Waals surface area (Å²) in [5.41, 5.74) is 7.60. The number of para-hydroxylation sites is 1. The van der Waals surface area contributed by atoms with Gasteiger partial charge in [-0.1, -0.05) is 18.2 Å². The Morgan fingerprint density at radius 3 is 2.88 bits per heavy atom. The number of amides is 1. The number of nitrogens with two attached hydrogens (primary N) is 1. The number of rotatable bonds is 3. The van der Waals surface area contributed by atoms with Crippen molar-refractivity contribution in [3.05, 3.63) is 41.7 Å². The lowest BCUT2D eigenvalue weighted by molar-refractivity contribution is 0.0988. The third-order valence-electron chi connectivity index (χ3n) is 2.51. The lowest BCUT2D eigenvalue weighted by atomic mass is 10.1. The number of carbonyl (C=O) groups excluding carboxylic acids is 1. The summed E-state index contributed by atoms with van der Waals surface area (Å²) in [5, 5.41) is 9.79. The fraction of sp³-hybridized carbons (Fsp3) is 0.182. The van der Waals surface area contributed by atoms with E-state index in [9.17, 15) is 4.79 Å². The van der Waals surface area contributed by atoms with Gasteiger partial charge in [0.25, 0.3) is 5.91 Å². The minimum Gasteiger partial charge on any atom is -0.326 e. The monoisotopic (exact) mass is 231 g/mol. The van der Waals surface area contributed by atoms with Crippen molar-refractivity contribution in [2.24, 2.45) is 5.73 Å². The Morgan fingerprint density at radius 2 is 2.24 bits per heavy atom. The topological polar surface area (TPSA) is 87.9 Å². The molecule has 3 N–H and O–H groups in total. The molecule has 2 aromatic rings. The van der Waals surface area contributed by atoms with Gasteiger partial charge < -0.3 is 10.6 Å². The van der Waals surface area contributed by atoms with Crippen LogP contribution in [0.5, 0.6) is 0 Å². The quantitative estimate of drug-likeness (QED) is 0.807. The molecule has 0 fully saturated rings. The van der Waals surface area contributed by atoms with E-state index in [0.29, 0.717) is 6.54 Å². The molecule has 6 nitrogen and oxygen atoms in total. The van der Waals surface area contributed by atoms with Crippen LogP contribution in [0, 0.1) is 0 Å². The second kappa shape index (κ2) is 4.75. The molecule has 2 rings (SSSR count). The summed E-state index contributed by atoms with van der Waals surface area (Å²) in [5.74, 6) is -0.223. The number of anilines is 1. The molecular weight excluding hydrogens is 218 g/mol. The van der Waals surface area contributed by atoms with Gasteiger partial charge in [0, 0.05) is 19.3 Å². The number of H-pyrrole nitrogens is 1. The van der Waals surface area contributed by atoms with Gasteiger partial charge in [-0.3, -0.25) is 4.79 Å². The van der Waals surface area contributed by atoms with E-state index in [4.69, 9.17) is 5.73 Å². The van der Waals surface area contributed by atoms with E-state index < -0.39 is 0 Å². The number of hydrogen-bond donors (Lipinski definition) is 2. The average Bonchev–Trinajstić information content (AvgIpc) is 2.90. The molecule has 0 unspecified atom stereocenters. The van der Waals surface area contributed by atoms with E-state index in [1.54, 1.807) is 7.05 Å². The number of carbonyl (C=O) groups is 1. The highest BCUT2D eigenvalue weighted by atomic mass is 16.2. The summed E-state index contributed by atoms with van der Waals surface area (Å²) in [7, 11) is 1.69. The first-order chi connectivity index (χ1) is 8.24. The van der Waals surface area contributed by atoms with Crippen LogP contribution >= 0.6 is 0 Å². The maximum atomic E-state index is 12.0. The summed E-state index contributed by atoms with van der Waals surface area (Å²) in [6.07, 6.45) is 1.39. The van der Waals surface area contributed by atoms with Gasteiger partial charge in [0.15, 0.2) is 5.69 Å². The Hall–Kier alpha value is -2.21. The first kappa shape index (κ1) is 11.3. The van der Waals surface area contributed by atoms with Crippen LogP contribution in [0.4, 0.5) is 5.69 Å². The number of hydrogen-bond acceptors (Lipinski definition) is 4. The molecule has 0 aliphatic rings. The fourth-order valence-corrected chi connectivity index (χ4v) is 1.60. The van der Waals surface area contributed by atoms with Crippen molar-refractivity contribution in [1.29, 1.82) is 0 Å². The molecule has 0 radical (unpaired) electrons. The predicted octanol–water partition coefficient (Wildman–Crippen LogP) is 0.540. The van der Waals surface area contributed by atoms with Crippen LogP contribution in [0.1, 0.15) is 16.1 Å². The standard InChI is InChI=1S/C11H13N5O/c1-16(11(17)9-7-13-15-14-9)10-5-3-2-4-8(10)6-12/h2-5,7H,6,12H2,1H3,(H,13,14,15). The van der Waals surface area contributed by atoms with Gasteiger partial charge in [0.2, 0.25) is 0 Å². The third-order valence-corrected chi connectivity index (χ3v) is 2.51. The molecule has 6 heteroatoms. The highest BCUT2D eigenvalue weighted by molar-refractivity contribution is 6.04. The van der Waals surface area contributed by atoms with E-state index in [-0.39, 0.29) is 11.6 Å². The van der Waals surface area contributed by atoms with Crippen molar-refractivity contribution >= 4 is 11.6 Å². The molecule has 88 valence electrons. The van der Waals surface area contributed by atoms with Crippen LogP contribution in [-0.2, 0) is 6.54 Å². The summed E-state index contributed by atoms with van der Waals surface area (Å²) in [6.45, 7) is 0.382. The molecule has 0 saturated heterocycles. The number of aromatic amines is 1. The minimum absolute atomic E-state index is 0.223. The van der Waals surface area contributed by atoms with E-state index in [1.807, 2.05) is 24.3 Å². The smallest absolute Gasteiger partial charge is 0.280 e. The second-order valence-electron chi connectivity index (χ2n) is 3.55. The second-order valence-corrected chi connectivity index (χ2v) is 3.55. The largest absolute Gasteiger partial charge is 0.326 e. The van der Waals surface area contributed by atoms with Crippen molar-refractivity contribution < 1.29 is 4.79 Å². The van der Waals surface area contributed by atoms with Crippen molar-refractivity contribution in [3.63, 3.8) is 0 Å². The summed E-state index contributed by atoms with van der Waals surface area (Å²) < 4.78 is 0. The van der Waals surface area contributed by atoms with Gasteiger partial charge in [-0.25, -0.2) is 0 Å². The first-order valence-electron chi connectivity index (χ1n) is 5.16. The zero-order valence-electron chi connectivity index (χ0n) is 9.42. The summed E-state index contributed by atoms with van der Waals surface area (Å²) >= 11 is 0. The molecular formula is C11H13N5O. The van der Waals surface area contributed by atoms with Gasteiger partial charge in [0.05, 0.1) is 6.20 Å². The molecule has 17 heavy (non-hydrogen) atoms. The van der Waals surface area contributed by atoms with E-state index in [2.05, 4.69) is 15.4 Å². The predicted molar refractivity (Wildman–Crippen MR) is 63.4 cm³/mol. The molecule has 1 heterocycles. The van der Waals surface area contributed by atoms with E-state index in [0.717, 1.165) is 11.3 Å². The van der Waals surface area contributed by atoms with Crippen LogP contribution in [0.25, 0.3) is 0 Å². The van der Waals surface area contributed by atoms with Crippen LogP contribution in [0.15, 0.2) is 30.5 Å². The molecule has 0 aliphatic heterocycles. The Kier molecular flexibility index (Phi) is 3.15. The molecule has 0 saturated carbocycles. The summed E-state index contributed by atoms with van der Waals surface area (Å²) in [6, 6.07) is 7.49. The lowest BCUT2D eigenvalue weighted by Crippen LogP contribution is -2.27. The van der Waals surface area contributed by atoms with Crippen LogP contribution in [0.3, 0.4) is 0 Å². The van der Waals surface area contributed by atoms with Crippen molar-refractivity contribution in [1.82, 2.24) is 15.4 Å². The maximum absolute atomic E-state index is 12.0. The highest BCUT2D eigenvalue weighted by Crippen LogP contribution is 2.19. The molecule has 0 bridgehead atoms. The Labute approximate surface area is 98.4 Å². The molecule has 1 aromatic heterocycles. The molecule has 0 aliphatic carbocycles. The van der Waals surface area contributed by atoms with Gasteiger partial charge >= 0.3 is 0 Å². The number of nitrogens with one attached hydrogen (secondary N) is 1. The van der Waals surface area contributed by atoms with E-state index >= 15 is 0 Å². The average molecular weight is 231 g/mol. The maximum Gasteiger partial charge on any atom is 0.280 e. The van der Waals surface area contributed by atoms with Gasteiger partial charge in [-0.15, -0.1) is 0 Å². The molecule has 0 spiro atoms. The van der Waals surface area contributed by atoms with Crippen molar-refractivity contribution in [2.75, 3.05) is 11.9 Å². The highest BCUT2D eigenvalue weighted by Gasteiger charge is 2.17. The van der Waals surface area contributed by atoms with Crippen molar-refractivity contribution in [3.8, 4) is 0 Å². The lowest BCUT2D eigenvalue weighted by Gasteiger charge is -2.18. The zero-order chi connectivity index (χ0) is 12.3. The van der Waals surface area contributed by atoms with Gasteiger partial charge in [0.1, 0.15) is 0 Å².